The Balaban J connectivity index is 2.53. The maximum atomic E-state index is 11.0. The van der Waals surface area contributed by atoms with Crippen LogP contribution in [-0.2, 0) is 4.79 Å². The van der Waals surface area contributed by atoms with Crippen molar-refractivity contribution in [3.05, 3.63) is 0 Å². The first kappa shape index (κ1) is 9.52. The Morgan fingerprint density at radius 2 is 2.42 bits per heavy atom. The van der Waals surface area contributed by atoms with E-state index >= 15 is 0 Å². The minimum atomic E-state index is -0.624. The zero-order valence-electron chi connectivity index (χ0n) is 7.60. The van der Waals surface area contributed by atoms with E-state index in [-0.39, 0.29) is 0 Å². The highest BCUT2D eigenvalue weighted by Crippen LogP contribution is 2.31. The van der Waals surface area contributed by atoms with Gasteiger partial charge in [0.05, 0.1) is 5.41 Å². The van der Waals surface area contributed by atoms with Gasteiger partial charge in [0, 0.05) is 6.54 Å². The number of carbonyl (C=O) groups is 1. The minimum absolute atomic E-state index is 0.448. The van der Waals surface area contributed by atoms with Gasteiger partial charge in [0.2, 0.25) is 0 Å². The lowest BCUT2D eigenvalue weighted by Crippen LogP contribution is -2.33. The molecular weight excluding hydrogens is 154 g/mol. The Morgan fingerprint density at radius 3 is 2.83 bits per heavy atom. The highest BCUT2D eigenvalue weighted by molar-refractivity contribution is 5.75. The summed E-state index contributed by atoms with van der Waals surface area (Å²) in [5.41, 5.74) is -0.448. The molecule has 0 aliphatic carbocycles. The second-order valence-electron chi connectivity index (χ2n) is 3.62. The van der Waals surface area contributed by atoms with E-state index in [4.69, 9.17) is 5.11 Å². The van der Waals surface area contributed by atoms with Crippen LogP contribution in [0.3, 0.4) is 0 Å². The molecule has 3 heteroatoms. The number of nitrogens with one attached hydrogen (secondary N) is 1. The Labute approximate surface area is 73.2 Å². The van der Waals surface area contributed by atoms with Crippen LogP contribution in [0.15, 0.2) is 0 Å². The molecule has 1 aliphatic rings. The van der Waals surface area contributed by atoms with Crippen molar-refractivity contribution >= 4 is 5.97 Å². The normalized spacial score (nSPS) is 29.1. The van der Waals surface area contributed by atoms with E-state index in [1.54, 1.807) is 0 Å². The van der Waals surface area contributed by atoms with E-state index < -0.39 is 11.4 Å². The van der Waals surface area contributed by atoms with Crippen molar-refractivity contribution in [1.82, 2.24) is 5.32 Å². The third-order valence-corrected chi connectivity index (χ3v) is 2.71. The van der Waals surface area contributed by atoms with Crippen LogP contribution >= 0.6 is 0 Å². The SMILES string of the molecule is CCCCC1(C(=O)O)CCNC1. The summed E-state index contributed by atoms with van der Waals surface area (Å²) in [5.74, 6) is -0.624. The quantitative estimate of drug-likeness (QED) is 0.669. The van der Waals surface area contributed by atoms with Gasteiger partial charge in [0.1, 0.15) is 0 Å². The first-order chi connectivity index (χ1) is 5.71. The third kappa shape index (κ3) is 1.78. The summed E-state index contributed by atoms with van der Waals surface area (Å²) in [7, 11) is 0. The number of carboxylic acids is 1. The van der Waals surface area contributed by atoms with Gasteiger partial charge in [-0.15, -0.1) is 0 Å². The highest BCUT2D eigenvalue weighted by atomic mass is 16.4. The van der Waals surface area contributed by atoms with Crippen LogP contribution < -0.4 is 5.32 Å². The zero-order chi connectivity index (χ0) is 9.03. The van der Waals surface area contributed by atoms with Crippen molar-refractivity contribution in [2.24, 2.45) is 5.41 Å². The lowest BCUT2D eigenvalue weighted by molar-refractivity contribution is -0.148. The smallest absolute Gasteiger partial charge is 0.310 e. The van der Waals surface area contributed by atoms with Crippen LogP contribution in [0.5, 0.6) is 0 Å². The van der Waals surface area contributed by atoms with Crippen LogP contribution in [0.2, 0.25) is 0 Å². The lowest BCUT2D eigenvalue weighted by Gasteiger charge is -2.22. The van der Waals surface area contributed by atoms with E-state index in [1.807, 2.05) is 0 Å². The van der Waals surface area contributed by atoms with Gasteiger partial charge in [-0.25, -0.2) is 0 Å². The molecule has 1 unspecified atom stereocenters. The van der Waals surface area contributed by atoms with Gasteiger partial charge >= 0.3 is 5.97 Å². The molecule has 1 atom stereocenters. The largest absolute Gasteiger partial charge is 0.481 e. The van der Waals surface area contributed by atoms with Crippen LogP contribution in [0.1, 0.15) is 32.6 Å². The third-order valence-electron chi connectivity index (χ3n) is 2.71. The van der Waals surface area contributed by atoms with E-state index in [0.717, 1.165) is 32.2 Å². The molecule has 0 aromatic rings. The van der Waals surface area contributed by atoms with Gasteiger partial charge < -0.3 is 10.4 Å². The van der Waals surface area contributed by atoms with Crippen molar-refractivity contribution in [2.45, 2.75) is 32.6 Å². The number of aliphatic carboxylic acids is 1. The molecular formula is C9H17NO2. The molecule has 0 radical (unpaired) electrons. The first-order valence-electron chi connectivity index (χ1n) is 4.65. The number of unbranched alkanes of at least 4 members (excludes halogenated alkanes) is 1. The molecule has 1 saturated heterocycles. The monoisotopic (exact) mass is 171 g/mol. The minimum Gasteiger partial charge on any atom is -0.481 e. The van der Waals surface area contributed by atoms with Gasteiger partial charge in [0.25, 0.3) is 0 Å². The molecule has 0 spiro atoms. The number of rotatable bonds is 4. The molecule has 70 valence electrons. The molecule has 1 fully saturated rings. The maximum absolute atomic E-state index is 11.0. The predicted molar refractivity (Wildman–Crippen MR) is 47.1 cm³/mol. The lowest BCUT2D eigenvalue weighted by atomic mass is 9.82. The van der Waals surface area contributed by atoms with Crippen molar-refractivity contribution in [2.75, 3.05) is 13.1 Å². The standard InChI is InChI=1S/C9H17NO2/c1-2-3-4-9(8(11)12)5-6-10-7-9/h10H,2-7H2,1H3,(H,11,12). The summed E-state index contributed by atoms with van der Waals surface area (Å²) in [6, 6.07) is 0. The topological polar surface area (TPSA) is 49.3 Å². The Kier molecular flexibility index (Phi) is 3.09. The second-order valence-corrected chi connectivity index (χ2v) is 3.62. The highest BCUT2D eigenvalue weighted by Gasteiger charge is 2.40. The van der Waals surface area contributed by atoms with Crippen LogP contribution in [0.25, 0.3) is 0 Å². The average Bonchev–Trinajstić information content (AvgIpc) is 2.50. The Bertz CT molecular complexity index is 162. The fourth-order valence-corrected chi connectivity index (χ4v) is 1.76. The number of carboxylic acid groups (broad SMARTS) is 1. The average molecular weight is 171 g/mol. The van der Waals surface area contributed by atoms with Crippen LogP contribution in [-0.4, -0.2) is 24.2 Å². The number of hydrogen-bond donors (Lipinski definition) is 2. The summed E-state index contributed by atoms with van der Waals surface area (Å²) in [6.07, 6.45) is 3.72. The van der Waals surface area contributed by atoms with E-state index in [2.05, 4.69) is 12.2 Å². The van der Waals surface area contributed by atoms with Crippen molar-refractivity contribution < 1.29 is 9.90 Å². The predicted octanol–water partition coefficient (Wildman–Crippen LogP) is 1.24. The van der Waals surface area contributed by atoms with E-state index in [0.29, 0.717) is 6.54 Å². The zero-order valence-corrected chi connectivity index (χ0v) is 7.60. The summed E-state index contributed by atoms with van der Waals surface area (Å²) in [5, 5.41) is 12.2. The summed E-state index contributed by atoms with van der Waals surface area (Å²) < 4.78 is 0. The summed E-state index contributed by atoms with van der Waals surface area (Å²) in [4.78, 5) is 11.0. The Hall–Kier alpha value is -0.570. The molecule has 0 bridgehead atoms. The fourth-order valence-electron chi connectivity index (χ4n) is 1.76. The molecule has 1 aliphatic heterocycles. The molecule has 0 aromatic carbocycles. The van der Waals surface area contributed by atoms with Gasteiger partial charge in [-0.05, 0) is 19.4 Å². The molecule has 0 saturated carbocycles. The molecule has 3 nitrogen and oxygen atoms in total. The molecule has 0 amide bonds. The fraction of sp³-hybridized carbons (Fsp3) is 0.889. The van der Waals surface area contributed by atoms with Crippen molar-refractivity contribution in [1.29, 1.82) is 0 Å². The summed E-state index contributed by atoms with van der Waals surface area (Å²) >= 11 is 0. The van der Waals surface area contributed by atoms with Gasteiger partial charge in [0.15, 0.2) is 0 Å². The molecule has 1 rings (SSSR count). The van der Waals surface area contributed by atoms with Crippen molar-refractivity contribution in [3.8, 4) is 0 Å². The van der Waals surface area contributed by atoms with Crippen LogP contribution in [0, 0.1) is 5.41 Å². The van der Waals surface area contributed by atoms with Crippen LogP contribution in [0.4, 0.5) is 0 Å². The second kappa shape index (κ2) is 3.90. The van der Waals surface area contributed by atoms with Gasteiger partial charge in [-0.3, -0.25) is 4.79 Å². The van der Waals surface area contributed by atoms with Crippen molar-refractivity contribution in [3.63, 3.8) is 0 Å². The first-order valence-corrected chi connectivity index (χ1v) is 4.65. The van der Waals surface area contributed by atoms with Gasteiger partial charge in [-0.1, -0.05) is 19.8 Å². The molecule has 12 heavy (non-hydrogen) atoms. The van der Waals surface area contributed by atoms with Gasteiger partial charge in [-0.2, -0.15) is 0 Å². The maximum Gasteiger partial charge on any atom is 0.310 e. The molecule has 1 heterocycles. The molecule has 2 N–H and O–H groups in total. The summed E-state index contributed by atoms with van der Waals surface area (Å²) in [6.45, 7) is 3.61. The Morgan fingerprint density at radius 1 is 1.67 bits per heavy atom. The van der Waals surface area contributed by atoms with E-state index in [9.17, 15) is 4.79 Å². The molecule has 0 aromatic heterocycles. The van der Waals surface area contributed by atoms with E-state index in [1.165, 1.54) is 0 Å². The number of hydrogen-bond acceptors (Lipinski definition) is 2.